The number of hydrogen-bond acceptors (Lipinski definition) is 9. The number of fused-ring (bicyclic) bond motifs is 1. The van der Waals surface area contributed by atoms with Crippen LogP contribution in [0.2, 0.25) is 0 Å². The molecule has 0 saturated carbocycles. The van der Waals surface area contributed by atoms with Crippen LogP contribution < -0.4 is 56.6 Å². The van der Waals surface area contributed by atoms with E-state index in [2.05, 4.69) is 0 Å². The minimum absolute atomic E-state index is 0. The van der Waals surface area contributed by atoms with Crippen LogP contribution >= 0.6 is 0 Å². The maximum absolute atomic E-state index is 11.3. The smallest absolute Gasteiger partial charge is 0.744 e. The predicted octanol–water partition coefficient (Wildman–Crippen LogP) is -9.44. The molecule has 0 aromatic heterocycles. The van der Waals surface area contributed by atoms with Crippen LogP contribution in [0.4, 0.5) is 0 Å². The Labute approximate surface area is 180 Å². The van der Waals surface area contributed by atoms with Crippen LogP contribution in [0.1, 0.15) is 0 Å². The minimum atomic E-state index is -5.73. The van der Waals surface area contributed by atoms with Crippen molar-refractivity contribution >= 4 is 41.1 Å². The summed E-state index contributed by atoms with van der Waals surface area (Å²) in [5.41, 5.74) is 0. The SMILES string of the molecule is O=S(=O)([O-])c1cc2ccccc2c(S(=O)(=O)[O-])c1S(=O)(=O)[O-].[Li+].[Li+].[Li+]. The molecule has 0 heterocycles. The molecule has 0 atom stereocenters. The van der Waals surface area contributed by atoms with Gasteiger partial charge in [0.05, 0.1) is 14.7 Å². The van der Waals surface area contributed by atoms with Gasteiger partial charge in [-0.05, 0) is 11.5 Å². The Morgan fingerprint density at radius 2 is 1.08 bits per heavy atom. The normalized spacial score (nSPS) is 11.8. The summed E-state index contributed by atoms with van der Waals surface area (Å²) in [5.74, 6) is 0. The fourth-order valence-electron chi connectivity index (χ4n) is 1.94. The van der Waals surface area contributed by atoms with Gasteiger partial charge >= 0.3 is 56.6 Å². The molecule has 0 amide bonds. The van der Waals surface area contributed by atoms with Crippen molar-refractivity contribution in [3.8, 4) is 0 Å². The number of rotatable bonds is 3. The van der Waals surface area contributed by atoms with Crippen molar-refractivity contribution in [3.05, 3.63) is 30.3 Å². The molecule has 0 fully saturated rings. The average Bonchev–Trinajstić information content (AvgIpc) is 2.33. The fourth-order valence-corrected chi connectivity index (χ4v) is 5.27. The molecule has 2 rings (SSSR count). The first kappa shape index (κ1) is 27.4. The Morgan fingerprint density at radius 1 is 0.640 bits per heavy atom. The Bertz CT molecular complexity index is 1090. The van der Waals surface area contributed by atoms with Gasteiger partial charge in [0, 0.05) is 5.39 Å². The zero-order chi connectivity index (χ0) is 16.9. The topological polar surface area (TPSA) is 172 Å². The second kappa shape index (κ2) is 8.94. The molecule has 2 aromatic carbocycles. The van der Waals surface area contributed by atoms with Crippen LogP contribution in [0.15, 0.2) is 45.0 Å². The quantitative estimate of drug-likeness (QED) is 0.367. The van der Waals surface area contributed by atoms with Gasteiger partial charge in [-0.3, -0.25) is 0 Å². The van der Waals surface area contributed by atoms with E-state index in [1.165, 1.54) is 12.1 Å². The molecule has 9 nitrogen and oxygen atoms in total. The zero-order valence-electron chi connectivity index (χ0n) is 13.3. The molecule has 0 radical (unpaired) electrons. The van der Waals surface area contributed by atoms with Gasteiger partial charge < -0.3 is 13.7 Å². The van der Waals surface area contributed by atoms with Gasteiger partial charge in [-0.15, -0.1) is 0 Å². The Morgan fingerprint density at radius 3 is 1.48 bits per heavy atom. The van der Waals surface area contributed by atoms with Crippen molar-refractivity contribution in [1.82, 2.24) is 0 Å². The van der Waals surface area contributed by atoms with E-state index in [9.17, 15) is 38.9 Å². The largest absolute Gasteiger partial charge is 1.00 e. The van der Waals surface area contributed by atoms with E-state index in [0.29, 0.717) is 6.07 Å². The van der Waals surface area contributed by atoms with Gasteiger partial charge in [0.2, 0.25) is 0 Å². The summed E-state index contributed by atoms with van der Waals surface area (Å²) in [6, 6.07) is 5.27. The molecule has 0 saturated heterocycles. The Balaban J connectivity index is 0. The van der Waals surface area contributed by atoms with Crippen molar-refractivity contribution in [1.29, 1.82) is 0 Å². The number of benzene rings is 2. The van der Waals surface area contributed by atoms with Gasteiger partial charge in [0.1, 0.15) is 30.4 Å². The molecule has 0 aliphatic rings. The van der Waals surface area contributed by atoms with Gasteiger partial charge in [0.25, 0.3) is 0 Å². The van der Waals surface area contributed by atoms with E-state index < -0.39 is 50.4 Å². The maximum Gasteiger partial charge on any atom is 1.00 e. The second-order valence-corrected chi connectivity index (χ2v) is 8.10. The van der Waals surface area contributed by atoms with Crippen molar-refractivity contribution in [2.45, 2.75) is 14.7 Å². The van der Waals surface area contributed by atoms with E-state index in [-0.39, 0.29) is 62.0 Å². The van der Waals surface area contributed by atoms with Crippen LogP contribution in [0, 0.1) is 0 Å². The molecule has 0 aliphatic heterocycles. The van der Waals surface area contributed by atoms with Crippen LogP contribution in [0.3, 0.4) is 0 Å². The Hall–Kier alpha value is 0.222. The summed E-state index contributed by atoms with van der Waals surface area (Å²) in [6.07, 6.45) is 0. The molecule has 0 N–H and O–H groups in total. The fraction of sp³-hybridized carbons (Fsp3) is 0. The summed E-state index contributed by atoms with van der Waals surface area (Å²) in [6.45, 7) is 0. The zero-order valence-corrected chi connectivity index (χ0v) is 15.7. The van der Waals surface area contributed by atoms with E-state index in [1.807, 2.05) is 0 Å². The van der Waals surface area contributed by atoms with Gasteiger partial charge in [-0.1, -0.05) is 24.3 Å². The Kier molecular flexibility index (Phi) is 9.81. The summed E-state index contributed by atoms with van der Waals surface area (Å²) in [4.78, 5) is -4.97. The first-order valence-corrected chi connectivity index (χ1v) is 9.49. The summed E-state index contributed by atoms with van der Waals surface area (Å²) < 4.78 is 101. The summed E-state index contributed by atoms with van der Waals surface area (Å²) in [7, 11) is -16.8. The van der Waals surface area contributed by atoms with Crippen molar-refractivity contribution in [2.75, 3.05) is 0 Å². The van der Waals surface area contributed by atoms with E-state index in [4.69, 9.17) is 0 Å². The summed E-state index contributed by atoms with van der Waals surface area (Å²) >= 11 is 0. The van der Waals surface area contributed by atoms with Crippen molar-refractivity contribution < 1.29 is 95.5 Å². The van der Waals surface area contributed by atoms with Crippen molar-refractivity contribution in [3.63, 3.8) is 0 Å². The van der Waals surface area contributed by atoms with Gasteiger partial charge in [0.15, 0.2) is 0 Å². The molecular weight excluding hydrogens is 381 g/mol. The minimum Gasteiger partial charge on any atom is -0.744 e. The third-order valence-electron chi connectivity index (χ3n) is 2.69. The molecule has 0 unspecified atom stereocenters. The average molecular weight is 386 g/mol. The predicted molar refractivity (Wildman–Crippen MR) is 67.8 cm³/mol. The number of hydrogen-bond donors (Lipinski definition) is 0. The maximum atomic E-state index is 11.3. The van der Waals surface area contributed by atoms with Crippen molar-refractivity contribution in [2.24, 2.45) is 0 Å². The van der Waals surface area contributed by atoms with E-state index >= 15 is 0 Å². The second-order valence-electron chi connectivity index (χ2n) is 4.12. The van der Waals surface area contributed by atoms with Crippen LogP contribution in [-0.2, 0) is 30.4 Å². The van der Waals surface area contributed by atoms with E-state index in [0.717, 1.165) is 12.1 Å². The van der Waals surface area contributed by atoms with Gasteiger partial charge in [-0.25, -0.2) is 25.3 Å². The van der Waals surface area contributed by atoms with Crippen LogP contribution in [0.25, 0.3) is 10.8 Å². The molecule has 25 heavy (non-hydrogen) atoms. The molecule has 0 spiro atoms. The standard InChI is InChI=1S/C10H8O9S3.3Li/c11-20(12,13)8-5-6-3-1-2-4-7(6)9(21(14,15)16)10(8)22(17,18)19;;;/h1-5H,(H,11,12,13)(H,14,15,16)(H,17,18,19);;;/q;3*+1/p-3. The van der Waals surface area contributed by atoms with Crippen LogP contribution in [-0.4, -0.2) is 38.9 Å². The molecular formula is C10H5Li3O9S3. The third-order valence-corrected chi connectivity index (χ3v) is 5.66. The third kappa shape index (κ3) is 5.85. The molecule has 0 bridgehead atoms. The monoisotopic (exact) mass is 386 g/mol. The molecule has 2 aromatic rings. The molecule has 120 valence electrons. The van der Waals surface area contributed by atoms with E-state index in [1.54, 1.807) is 0 Å². The van der Waals surface area contributed by atoms with Crippen LogP contribution in [0.5, 0.6) is 0 Å². The van der Waals surface area contributed by atoms with Gasteiger partial charge in [-0.2, -0.15) is 0 Å². The summed E-state index contributed by atoms with van der Waals surface area (Å²) in [5, 5.41) is -0.668. The molecule has 0 aliphatic carbocycles. The first-order chi connectivity index (χ1) is 9.83. The molecule has 15 heteroatoms. The first-order valence-electron chi connectivity index (χ1n) is 5.27.